The molecule has 1 heterocycles. The summed E-state index contributed by atoms with van der Waals surface area (Å²) in [6.07, 6.45) is 5.63. The topological polar surface area (TPSA) is 83.7 Å². The first-order valence-corrected chi connectivity index (χ1v) is 11.5. The zero-order valence-electron chi connectivity index (χ0n) is 16.1. The molecule has 2 fully saturated rings. The van der Waals surface area contributed by atoms with Crippen LogP contribution in [0.1, 0.15) is 44.6 Å². The quantitative estimate of drug-likeness (QED) is 0.829. The van der Waals surface area contributed by atoms with Gasteiger partial charge in [0.1, 0.15) is 0 Å². The molecule has 2 atom stereocenters. The third-order valence-corrected chi connectivity index (χ3v) is 7.63. The fourth-order valence-electron chi connectivity index (χ4n) is 4.12. The predicted molar refractivity (Wildman–Crippen MR) is 106 cm³/mol. The Kier molecular flexibility index (Phi) is 6.55. The summed E-state index contributed by atoms with van der Waals surface area (Å²) in [7, 11) is -3.50. The Morgan fingerprint density at radius 3 is 2.37 bits per heavy atom. The van der Waals surface area contributed by atoms with Crippen molar-refractivity contribution in [3.05, 3.63) is 29.8 Å². The van der Waals surface area contributed by atoms with Crippen molar-refractivity contribution in [1.82, 2.24) is 9.21 Å². The minimum Gasteiger partial charge on any atom is -0.340 e. The second-order valence-electron chi connectivity index (χ2n) is 7.75. The van der Waals surface area contributed by atoms with Crippen LogP contribution in [0.4, 0.5) is 0 Å². The molecular formula is C20H31N3O3S. The monoisotopic (exact) mass is 393 g/mol. The van der Waals surface area contributed by atoms with Gasteiger partial charge in [0.05, 0.1) is 4.90 Å². The normalized spacial score (nSPS) is 24.7. The zero-order chi connectivity index (χ0) is 19.4. The van der Waals surface area contributed by atoms with Gasteiger partial charge in [-0.25, -0.2) is 8.42 Å². The fourth-order valence-corrected chi connectivity index (χ4v) is 5.55. The molecule has 0 radical (unpaired) electrons. The van der Waals surface area contributed by atoms with E-state index in [-0.39, 0.29) is 17.9 Å². The van der Waals surface area contributed by atoms with Crippen molar-refractivity contribution < 1.29 is 13.2 Å². The zero-order valence-corrected chi connectivity index (χ0v) is 17.0. The molecule has 1 amide bonds. The number of piperazine rings is 1. The maximum atomic E-state index is 12.9. The molecular weight excluding hydrogens is 362 g/mol. The number of aryl methyl sites for hydroxylation is 1. The summed E-state index contributed by atoms with van der Waals surface area (Å²) in [5, 5.41) is 0. The third-order valence-electron chi connectivity index (χ3n) is 5.71. The van der Waals surface area contributed by atoms with Gasteiger partial charge in [0.15, 0.2) is 0 Å². The van der Waals surface area contributed by atoms with Crippen LogP contribution in [0.15, 0.2) is 29.2 Å². The molecule has 0 spiro atoms. The van der Waals surface area contributed by atoms with Crippen LogP contribution < -0.4 is 5.73 Å². The Balaban J connectivity index is 1.59. The molecule has 27 heavy (non-hydrogen) atoms. The standard InChI is InChI=1S/C20H31N3O3S/c1-2-4-16-7-9-19(10-8-16)27(25,26)23-13-11-22(12-14-23)20(24)17-5-3-6-18(21)15-17/h7-10,17-18H,2-6,11-15,21H2,1H3. The number of hydrogen-bond acceptors (Lipinski definition) is 4. The highest BCUT2D eigenvalue weighted by molar-refractivity contribution is 7.89. The number of rotatable bonds is 5. The lowest BCUT2D eigenvalue weighted by atomic mass is 9.85. The first kappa shape index (κ1) is 20.3. The molecule has 2 unspecified atom stereocenters. The van der Waals surface area contributed by atoms with Crippen molar-refractivity contribution >= 4 is 15.9 Å². The molecule has 1 aliphatic carbocycles. The minimum atomic E-state index is -3.50. The molecule has 1 aromatic rings. The van der Waals surface area contributed by atoms with E-state index in [0.29, 0.717) is 31.1 Å². The van der Waals surface area contributed by atoms with E-state index >= 15 is 0 Å². The van der Waals surface area contributed by atoms with Crippen LogP contribution in [-0.4, -0.2) is 55.8 Å². The molecule has 1 saturated heterocycles. The van der Waals surface area contributed by atoms with Gasteiger partial charge in [-0.3, -0.25) is 4.79 Å². The Morgan fingerprint density at radius 1 is 1.11 bits per heavy atom. The van der Waals surface area contributed by atoms with E-state index < -0.39 is 10.0 Å². The Bertz CT molecular complexity index is 740. The van der Waals surface area contributed by atoms with Crippen LogP contribution in [0, 0.1) is 5.92 Å². The van der Waals surface area contributed by atoms with Gasteiger partial charge in [0.2, 0.25) is 15.9 Å². The van der Waals surface area contributed by atoms with Gasteiger partial charge in [0, 0.05) is 38.1 Å². The van der Waals surface area contributed by atoms with Gasteiger partial charge in [-0.15, -0.1) is 0 Å². The number of carbonyl (C=O) groups excluding carboxylic acids is 1. The van der Waals surface area contributed by atoms with Crippen molar-refractivity contribution in [2.75, 3.05) is 26.2 Å². The Hall–Kier alpha value is -1.44. The minimum absolute atomic E-state index is 0.00279. The summed E-state index contributed by atoms with van der Waals surface area (Å²) >= 11 is 0. The highest BCUT2D eigenvalue weighted by Gasteiger charge is 2.34. The van der Waals surface area contributed by atoms with E-state index in [1.54, 1.807) is 12.1 Å². The predicted octanol–water partition coefficient (Wildman–Crippen LogP) is 1.99. The van der Waals surface area contributed by atoms with Gasteiger partial charge in [-0.1, -0.05) is 31.9 Å². The Morgan fingerprint density at radius 2 is 1.78 bits per heavy atom. The summed E-state index contributed by atoms with van der Waals surface area (Å²) in [4.78, 5) is 14.9. The molecule has 0 aromatic heterocycles. The van der Waals surface area contributed by atoms with Gasteiger partial charge < -0.3 is 10.6 Å². The molecule has 1 aliphatic heterocycles. The number of hydrogen-bond donors (Lipinski definition) is 1. The lowest BCUT2D eigenvalue weighted by molar-refractivity contribution is -0.137. The van der Waals surface area contributed by atoms with Gasteiger partial charge in [0.25, 0.3) is 0 Å². The van der Waals surface area contributed by atoms with Gasteiger partial charge >= 0.3 is 0 Å². The highest BCUT2D eigenvalue weighted by atomic mass is 32.2. The van der Waals surface area contributed by atoms with Crippen molar-refractivity contribution in [3.8, 4) is 0 Å². The average molecular weight is 394 g/mol. The van der Waals surface area contributed by atoms with Crippen LogP contribution >= 0.6 is 0 Å². The van der Waals surface area contributed by atoms with E-state index in [9.17, 15) is 13.2 Å². The summed E-state index contributed by atoms with van der Waals surface area (Å²) in [6.45, 7) is 3.72. The number of amides is 1. The molecule has 2 N–H and O–H groups in total. The molecule has 1 saturated carbocycles. The van der Waals surface area contributed by atoms with Crippen LogP contribution in [0.2, 0.25) is 0 Å². The molecule has 0 bridgehead atoms. The molecule has 2 aliphatic rings. The van der Waals surface area contributed by atoms with E-state index in [4.69, 9.17) is 5.73 Å². The second kappa shape index (κ2) is 8.71. The molecule has 7 heteroatoms. The smallest absolute Gasteiger partial charge is 0.243 e. The number of nitrogens with two attached hydrogens (primary N) is 1. The SMILES string of the molecule is CCCc1ccc(S(=O)(=O)N2CCN(C(=O)C3CCCC(N)C3)CC2)cc1. The van der Waals surface area contributed by atoms with Gasteiger partial charge in [-0.2, -0.15) is 4.31 Å². The number of carbonyl (C=O) groups is 1. The molecule has 6 nitrogen and oxygen atoms in total. The highest BCUT2D eigenvalue weighted by Crippen LogP contribution is 2.26. The number of nitrogens with zero attached hydrogens (tertiary/aromatic N) is 2. The summed E-state index contributed by atoms with van der Waals surface area (Å²) < 4.78 is 27.3. The van der Waals surface area contributed by atoms with E-state index in [1.165, 1.54) is 4.31 Å². The maximum absolute atomic E-state index is 12.9. The summed E-state index contributed by atoms with van der Waals surface area (Å²) in [6, 6.07) is 7.29. The van der Waals surface area contributed by atoms with Crippen LogP contribution in [-0.2, 0) is 21.2 Å². The molecule has 150 valence electrons. The van der Waals surface area contributed by atoms with E-state index in [0.717, 1.165) is 44.1 Å². The first-order chi connectivity index (χ1) is 12.9. The van der Waals surface area contributed by atoms with Crippen LogP contribution in [0.3, 0.4) is 0 Å². The maximum Gasteiger partial charge on any atom is 0.243 e. The lowest BCUT2D eigenvalue weighted by Crippen LogP contribution is -2.52. The average Bonchev–Trinajstić information content (AvgIpc) is 2.68. The van der Waals surface area contributed by atoms with Crippen molar-refractivity contribution in [2.45, 2.75) is 56.4 Å². The van der Waals surface area contributed by atoms with E-state index in [1.807, 2.05) is 17.0 Å². The molecule has 1 aromatic carbocycles. The van der Waals surface area contributed by atoms with Crippen LogP contribution in [0.5, 0.6) is 0 Å². The van der Waals surface area contributed by atoms with Gasteiger partial charge in [-0.05, 0) is 43.4 Å². The largest absolute Gasteiger partial charge is 0.340 e. The van der Waals surface area contributed by atoms with Crippen molar-refractivity contribution in [2.24, 2.45) is 11.7 Å². The van der Waals surface area contributed by atoms with Crippen LogP contribution in [0.25, 0.3) is 0 Å². The number of sulfonamides is 1. The van der Waals surface area contributed by atoms with Crippen molar-refractivity contribution in [3.63, 3.8) is 0 Å². The van der Waals surface area contributed by atoms with Crippen molar-refractivity contribution in [1.29, 1.82) is 0 Å². The lowest BCUT2D eigenvalue weighted by Gasteiger charge is -2.37. The second-order valence-corrected chi connectivity index (χ2v) is 9.68. The summed E-state index contributed by atoms with van der Waals surface area (Å²) in [5.74, 6) is 0.147. The Labute approximate surface area is 162 Å². The number of benzene rings is 1. The fraction of sp³-hybridized carbons (Fsp3) is 0.650. The van der Waals surface area contributed by atoms with E-state index in [2.05, 4.69) is 6.92 Å². The summed E-state index contributed by atoms with van der Waals surface area (Å²) in [5.41, 5.74) is 7.16. The molecule has 3 rings (SSSR count). The third kappa shape index (κ3) is 4.70. The first-order valence-electron chi connectivity index (χ1n) is 10.0.